The van der Waals surface area contributed by atoms with Crippen molar-refractivity contribution in [1.82, 2.24) is 9.97 Å². The van der Waals surface area contributed by atoms with Crippen LogP contribution in [0.15, 0.2) is 6.33 Å². The molecule has 1 aromatic heterocycles. The number of methoxy groups -OCH3 is 1. The van der Waals surface area contributed by atoms with Crippen LogP contribution < -0.4 is 15.4 Å². The Morgan fingerprint density at radius 2 is 2.06 bits per heavy atom. The summed E-state index contributed by atoms with van der Waals surface area (Å²) in [5.74, 6) is 3.17. The summed E-state index contributed by atoms with van der Waals surface area (Å²) in [5.41, 5.74) is 0.551. The first-order valence-corrected chi connectivity index (χ1v) is 6.60. The first-order valence-electron chi connectivity index (χ1n) is 6.60. The van der Waals surface area contributed by atoms with Crippen LogP contribution in [0.2, 0.25) is 0 Å². The Morgan fingerprint density at radius 1 is 1.33 bits per heavy atom. The molecule has 3 rings (SSSR count). The highest BCUT2D eigenvalue weighted by molar-refractivity contribution is 5.63. The SMILES string of the molecule is CNc1ncnc(NCC2(C3CC3)CC2)c1OC. The van der Waals surface area contributed by atoms with Crippen molar-refractivity contribution < 1.29 is 4.74 Å². The van der Waals surface area contributed by atoms with Crippen molar-refractivity contribution in [2.24, 2.45) is 11.3 Å². The molecule has 0 spiro atoms. The van der Waals surface area contributed by atoms with Gasteiger partial charge >= 0.3 is 0 Å². The van der Waals surface area contributed by atoms with Crippen LogP contribution in [-0.2, 0) is 0 Å². The molecule has 2 fully saturated rings. The van der Waals surface area contributed by atoms with Gasteiger partial charge in [0, 0.05) is 13.6 Å². The van der Waals surface area contributed by atoms with Crippen LogP contribution in [0.1, 0.15) is 25.7 Å². The summed E-state index contributed by atoms with van der Waals surface area (Å²) in [4.78, 5) is 8.43. The van der Waals surface area contributed by atoms with E-state index in [4.69, 9.17) is 4.74 Å². The van der Waals surface area contributed by atoms with Gasteiger partial charge in [-0.15, -0.1) is 0 Å². The molecule has 5 nitrogen and oxygen atoms in total. The number of hydrogen-bond acceptors (Lipinski definition) is 5. The number of aromatic nitrogens is 2. The molecule has 18 heavy (non-hydrogen) atoms. The highest BCUT2D eigenvalue weighted by atomic mass is 16.5. The summed E-state index contributed by atoms with van der Waals surface area (Å²) in [5, 5.41) is 6.47. The van der Waals surface area contributed by atoms with E-state index >= 15 is 0 Å². The Morgan fingerprint density at radius 3 is 2.61 bits per heavy atom. The maximum absolute atomic E-state index is 5.38. The normalized spacial score (nSPS) is 20.3. The van der Waals surface area contributed by atoms with E-state index in [2.05, 4.69) is 20.6 Å². The van der Waals surface area contributed by atoms with Crippen molar-refractivity contribution in [3.8, 4) is 5.75 Å². The molecule has 2 aliphatic carbocycles. The summed E-state index contributed by atoms with van der Waals surface area (Å²) >= 11 is 0. The van der Waals surface area contributed by atoms with Gasteiger partial charge in [-0.25, -0.2) is 9.97 Å². The fraction of sp³-hybridized carbons (Fsp3) is 0.692. The molecule has 0 aromatic carbocycles. The minimum atomic E-state index is 0.551. The molecule has 0 radical (unpaired) electrons. The largest absolute Gasteiger partial charge is 0.490 e. The molecule has 0 aliphatic heterocycles. The molecule has 0 saturated heterocycles. The molecular weight excluding hydrogens is 228 g/mol. The Balaban J connectivity index is 1.72. The summed E-state index contributed by atoms with van der Waals surface area (Å²) in [6.45, 7) is 1.01. The van der Waals surface area contributed by atoms with Gasteiger partial charge in [0.05, 0.1) is 7.11 Å². The molecule has 0 unspecified atom stereocenters. The third kappa shape index (κ3) is 1.98. The van der Waals surface area contributed by atoms with E-state index in [1.54, 1.807) is 13.4 Å². The second-order valence-electron chi connectivity index (χ2n) is 5.34. The highest BCUT2D eigenvalue weighted by Crippen LogP contribution is 2.61. The lowest BCUT2D eigenvalue weighted by molar-refractivity contribution is 0.412. The molecule has 2 saturated carbocycles. The van der Waals surface area contributed by atoms with E-state index in [-0.39, 0.29) is 0 Å². The fourth-order valence-corrected chi connectivity index (χ4v) is 2.72. The maximum Gasteiger partial charge on any atom is 0.204 e. The first kappa shape index (κ1) is 11.6. The molecule has 5 heteroatoms. The van der Waals surface area contributed by atoms with Crippen molar-refractivity contribution in [3.05, 3.63) is 6.33 Å². The molecule has 2 N–H and O–H groups in total. The predicted octanol–water partition coefficient (Wildman–Crippen LogP) is 2.13. The number of hydrogen-bond donors (Lipinski definition) is 2. The zero-order chi connectivity index (χ0) is 12.6. The maximum atomic E-state index is 5.38. The lowest BCUT2D eigenvalue weighted by Crippen LogP contribution is -2.18. The Hall–Kier alpha value is -1.52. The van der Waals surface area contributed by atoms with Crippen molar-refractivity contribution in [2.75, 3.05) is 31.3 Å². The number of ether oxygens (including phenoxy) is 1. The number of nitrogens with one attached hydrogen (secondary N) is 2. The van der Waals surface area contributed by atoms with E-state index in [1.807, 2.05) is 7.05 Å². The Labute approximate surface area is 107 Å². The van der Waals surface area contributed by atoms with Gasteiger partial charge in [0.15, 0.2) is 11.6 Å². The van der Waals surface area contributed by atoms with Gasteiger partial charge in [0.25, 0.3) is 0 Å². The third-order valence-electron chi connectivity index (χ3n) is 4.19. The molecule has 98 valence electrons. The minimum Gasteiger partial charge on any atom is -0.490 e. The van der Waals surface area contributed by atoms with Crippen LogP contribution in [0.25, 0.3) is 0 Å². The lowest BCUT2D eigenvalue weighted by Gasteiger charge is -2.17. The molecule has 1 aromatic rings. The second kappa shape index (κ2) is 4.30. The van der Waals surface area contributed by atoms with Gasteiger partial charge in [-0.2, -0.15) is 0 Å². The van der Waals surface area contributed by atoms with E-state index < -0.39 is 0 Å². The number of nitrogens with zero attached hydrogens (tertiary/aromatic N) is 2. The Kier molecular flexibility index (Phi) is 2.76. The van der Waals surface area contributed by atoms with Crippen molar-refractivity contribution >= 4 is 11.6 Å². The number of anilines is 2. The van der Waals surface area contributed by atoms with E-state index in [0.717, 1.165) is 24.1 Å². The average molecular weight is 248 g/mol. The monoisotopic (exact) mass is 248 g/mol. The van der Waals surface area contributed by atoms with Crippen LogP contribution in [0.3, 0.4) is 0 Å². The van der Waals surface area contributed by atoms with Crippen LogP contribution in [-0.4, -0.2) is 30.7 Å². The molecule has 0 bridgehead atoms. The van der Waals surface area contributed by atoms with Gasteiger partial charge in [-0.3, -0.25) is 0 Å². The average Bonchev–Trinajstić information content (AvgIpc) is 3.28. The van der Waals surface area contributed by atoms with Crippen molar-refractivity contribution in [3.63, 3.8) is 0 Å². The van der Waals surface area contributed by atoms with Gasteiger partial charge in [-0.1, -0.05) is 0 Å². The van der Waals surface area contributed by atoms with Gasteiger partial charge in [0.2, 0.25) is 5.75 Å². The van der Waals surface area contributed by atoms with Gasteiger partial charge in [-0.05, 0) is 37.0 Å². The summed E-state index contributed by atoms with van der Waals surface area (Å²) in [6.07, 6.45) is 7.09. The Bertz CT molecular complexity index is 441. The van der Waals surface area contributed by atoms with Gasteiger partial charge < -0.3 is 15.4 Å². The standard InChI is InChI=1S/C13H20N4O/c1-14-11-10(18-2)12(17-8-16-11)15-7-13(5-6-13)9-3-4-9/h8-9H,3-7H2,1-2H3,(H2,14,15,16,17). The zero-order valence-corrected chi connectivity index (χ0v) is 11.0. The second-order valence-corrected chi connectivity index (χ2v) is 5.34. The third-order valence-corrected chi connectivity index (χ3v) is 4.19. The van der Waals surface area contributed by atoms with E-state index in [1.165, 1.54) is 25.7 Å². The minimum absolute atomic E-state index is 0.551. The van der Waals surface area contributed by atoms with Crippen LogP contribution in [0.4, 0.5) is 11.6 Å². The molecule has 0 amide bonds. The van der Waals surface area contributed by atoms with E-state index in [9.17, 15) is 0 Å². The molecular formula is C13H20N4O. The fourth-order valence-electron chi connectivity index (χ4n) is 2.72. The quantitative estimate of drug-likeness (QED) is 0.807. The topological polar surface area (TPSA) is 59.1 Å². The number of rotatable bonds is 6. The van der Waals surface area contributed by atoms with Crippen molar-refractivity contribution in [1.29, 1.82) is 0 Å². The highest BCUT2D eigenvalue weighted by Gasteiger charge is 2.53. The van der Waals surface area contributed by atoms with Crippen LogP contribution in [0, 0.1) is 11.3 Å². The smallest absolute Gasteiger partial charge is 0.204 e. The summed E-state index contributed by atoms with van der Waals surface area (Å²) in [6, 6.07) is 0. The summed E-state index contributed by atoms with van der Waals surface area (Å²) < 4.78 is 5.38. The molecule has 0 atom stereocenters. The lowest BCUT2D eigenvalue weighted by atomic mass is 10.0. The van der Waals surface area contributed by atoms with Crippen molar-refractivity contribution in [2.45, 2.75) is 25.7 Å². The predicted molar refractivity (Wildman–Crippen MR) is 71.0 cm³/mol. The summed E-state index contributed by atoms with van der Waals surface area (Å²) in [7, 11) is 3.49. The first-order chi connectivity index (χ1) is 8.79. The van der Waals surface area contributed by atoms with Crippen LogP contribution in [0.5, 0.6) is 5.75 Å². The molecule has 2 aliphatic rings. The van der Waals surface area contributed by atoms with E-state index in [0.29, 0.717) is 11.2 Å². The van der Waals surface area contributed by atoms with Gasteiger partial charge in [0.1, 0.15) is 6.33 Å². The van der Waals surface area contributed by atoms with Crippen LogP contribution >= 0.6 is 0 Å². The zero-order valence-electron chi connectivity index (χ0n) is 11.0. The molecule has 1 heterocycles.